The third kappa shape index (κ3) is 4.26. The van der Waals surface area contributed by atoms with Crippen molar-refractivity contribution < 1.29 is 9.90 Å². The molecule has 1 aromatic carbocycles. The Balaban J connectivity index is 0.00000225. The average molecular weight is 284 g/mol. The second-order valence-electron chi connectivity index (χ2n) is 2.73. The third-order valence-electron chi connectivity index (χ3n) is 1.58. The van der Waals surface area contributed by atoms with E-state index in [1.807, 2.05) is 0 Å². The Bertz CT molecular complexity index is 410. The van der Waals surface area contributed by atoms with Gasteiger partial charge in [0, 0.05) is 12.1 Å². The molecule has 0 radical (unpaired) electrons. The lowest BCUT2D eigenvalue weighted by atomic mass is 10.3. The van der Waals surface area contributed by atoms with Gasteiger partial charge in [0.15, 0.2) is 0 Å². The summed E-state index contributed by atoms with van der Waals surface area (Å²) >= 11 is 11.6. The molecule has 0 saturated carbocycles. The molecule has 1 amide bonds. The smallest absolute Gasteiger partial charge is 0.412 e. The van der Waals surface area contributed by atoms with Crippen LogP contribution in [0.5, 0.6) is 0 Å². The highest BCUT2D eigenvalue weighted by molar-refractivity contribution is 6.35. The minimum atomic E-state index is -1.10. The van der Waals surface area contributed by atoms with Crippen LogP contribution >= 0.6 is 35.6 Å². The summed E-state index contributed by atoms with van der Waals surface area (Å²) in [5, 5.41) is 9.46. The van der Waals surface area contributed by atoms with Crippen LogP contribution in [0.25, 0.3) is 0 Å². The van der Waals surface area contributed by atoms with Crippen LogP contribution < -0.4 is 0 Å². The number of carbonyl (C=O) groups is 1. The topological polar surface area (TPSA) is 52.9 Å². The fraction of sp³-hybridized carbons (Fsp3) is 0.111. The molecule has 0 fully saturated rings. The molecule has 0 aliphatic rings. The number of hydrogen-bond donors (Lipinski definition) is 1. The lowest BCUT2D eigenvalue weighted by molar-refractivity contribution is 0.177. The number of rotatable bonds is 2. The summed E-state index contributed by atoms with van der Waals surface area (Å²) in [5.41, 5.74) is 0.428. The zero-order chi connectivity index (χ0) is 11.4. The minimum Gasteiger partial charge on any atom is -0.465 e. The third-order valence-corrected chi connectivity index (χ3v) is 2.13. The quantitative estimate of drug-likeness (QED) is 0.665. The highest BCUT2D eigenvalue weighted by Gasteiger charge is 2.02. The van der Waals surface area contributed by atoms with Crippen LogP contribution in [-0.4, -0.2) is 29.5 Å². The van der Waals surface area contributed by atoms with Crippen molar-refractivity contribution in [1.29, 1.82) is 0 Å². The van der Waals surface area contributed by atoms with Crippen LogP contribution in [0.4, 0.5) is 10.5 Å². The van der Waals surface area contributed by atoms with Crippen LogP contribution in [0.15, 0.2) is 23.2 Å². The van der Waals surface area contributed by atoms with E-state index in [-0.39, 0.29) is 12.4 Å². The van der Waals surface area contributed by atoms with Crippen molar-refractivity contribution in [2.45, 2.75) is 0 Å². The largest absolute Gasteiger partial charge is 0.465 e. The van der Waals surface area contributed by atoms with E-state index in [4.69, 9.17) is 28.3 Å². The normalized spacial score (nSPS) is 9.94. The number of carboxylic acid groups (broad SMARTS) is 1. The summed E-state index contributed by atoms with van der Waals surface area (Å²) in [4.78, 5) is 15.3. The summed E-state index contributed by atoms with van der Waals surface area (Å²) < 4.78 is 0. The van der Waals surface area contributed by atoms with Gasteiger partial charge in [-0.3, -0.25) is 4.90 Å². The van der Waals surface area contributed by atoms with Crippen molar-refractivity contribution >= 4 is 53.7 Å². The first-order valence-corrected chi connectivity index (χ1v) is 4.71. The maximum Gasteiger partial charge on any atom is 0.412 e. The van der Waals surface area contributed by atoms with E-state index in [0.29, 0.717) is 15.7 Å². The predicted octanol–water partition coefficient (Wildman–Crippen LogP) is 3.68. The Kier molecular flexibility index (Phi) is 6.18. The Morgan fingerprint density at radius 3 is 2.69 bits per heavy atom. The van der Waals surface area contributed by atoms with Gasteiger partial charge in [-0.1, -0.05) is 23.2 Å². The van der Waals surface area contributed by atoms with Crippen molar-refractivity contribution in [2.75, 3.05) is 7.05 Å². The summed E-state index contributed by atoms with van der Waals surface area (Å²) in [6.45, 7) is 0. The maximum absolute atomic E-state index is 10.4. The average Bonchev–Trinajstić information content (AvgIpc) is 2.18. The van der Waals surface area contributed by atoms with E-state index >= 15 is 0 Å². The fourth-order valence-electron chi connectivity index (χ4n) is 0.783. The standard InChI is InChI=1S/C9H8Cl2N2O2.ClH/c1-13(9(14)15)5-12-8-4-6(10)2-3-7(8)11;/h2-5H,1H3,(H,14,15);1H. The molecule has 88 valence electrons. The van der Waals surface area contributed by atoms with Gasteiger partial charge < -0.3 is 5.11 Å². The number of hydrogen-bond acceptors (Lipinski definition) is 2. The van der Waals surface area contributed by atoms with Crippen molar-refractivity contribution in [3.8, 4) is 0 Å². The van der Waals surface area contributed by atoms with Gasteiger partial charge in [-0.25, -0.2) is 9.79 Å². The molecule has 0 heterocycles. The molecule has 4 nitrogen and oxygen atoms in total. The van der Waals surface area contributed by atoms with Gasteiger partial charge in [0.25, 0.3) is 0 Å². The van der Waals surface area contributed by atoms with Crippen LogP contribution in [0.2, 0.25) is 10.0 Å². The van der Waals surface area contributed by atoms with Crippen molar-refractivity contribution in [3.05, 3.63) is 28.2 Å². The molecule has 16 heavy (non-hydrogen) atoms. The minimum absolute atomic E-state index is 0. The molecule has 1 rings (SSSR count). The van der Waals surface area contributed by atoms with Crippen molar-refractivity contribution in [1.82, 2.24) is 4.90 Å². The van der Waals surface area contributed by atoms with Crippen LogP contribution in [-0.2, 0) is 0 Å². The van der Waals surface area contributed by atoms with Crippen molar-refractivity contribution in [3.63, 3.8) is 0 Å². The highest BCUT2D eigenvalue weighted by atomic mass is 35.5. The molecule has 0 unspecified atom stereocenters. The summed E-state index contributed by atoms with van der Waals surface area (Å²) in [6, 6.07) is 4.78. The lowest BCUT2D eigenvalue weighted by Crippen LogP contribution is -2.22. The Morgan fingerprint density at radius 2 is 2.12 bits per heavy atom. The van der Waals surface area contributed by atoms with Crippen LogP contribution in [0, 0.1) is 0 Å². The van der Waals surface area contributed by atoms with E-state index in [1.165, 1.54) is 7.05 Å². The maximum atomic E-state index is 10.4. The zero-order valence-corrected chi connectivity index (χ0v) is 10.6. The summed E-state index contributed by atoms with van der Waals surface area (Å²) in [6.07, 6.45) is 0.0526. The molecule has 0 saturated heterocycles. The SMILES string of the molecule is CN(C=Nc1cc(Cl)ccc1Cl)C(=O)O.Cl. The van der Waals surface area contributed by atoms with Gasteiger partial charge in [-0.05, 0) is 18.2 Å². The van der Waals surface area contributed by atoms with Gasteiger partial charge in [-0.2, -0.15) is 0 Å². The Labute approximate surface area is 109 Å². The number of aliphatic imine (C=N–C) groups is 1. The van der Waals surface area contributed by atoms with Crippen LogP contribution in [0.1, 0.15) is 0 Å². The van der Waals surface area contributed by atoms with Gasteiger partial charge in [0.2, 0.25) is 0 Å². The molecule has 0 bridgehead atoms. The molecule has 0 spiro atoms. The molecular weight excluding hydrogens is 274 g/mol. The molecule has 0 aliphatic heterocycles. The molecule has 0 atom stereocenters. The van der Waals surface area contributed by atoms with E-state index in [2.05, 4.69) is 4.99 Å². The van der Waals surface area contributed by atoms with Crippen LogP contribution in [0.3, 0.4) is 0 Å². The zero-order valence-electron chi connectivity index (χ0n) is 8.22. The second-order valence-corrected chi connectivity index (χ2v) is 3.58. The lowest BCUT2D eigenvalue weighted by Gasteiger charge is -2.05. The molecular formula is C9H9Cl3N2O2. The van der Waals surface area contributed by atoms with Gasteiger partial charge >= 0.3 is 6.09 Å². The van der Waals surface area contributed by atoms with E-state index in [1.54, 1.807) is 18.2 Å². The first-order chi connectivity index (χ1) is 7.00. The first kappa shape index (κ1) is 15.0. The Hall–Kier alpha value is -0.970. The molecule has 1 aromatic rings. The first-order valence-electron chi connectivity index (χ1n) is 3.95. The van der Waals surface area contributed by atoms with E-state index in [9.17, 15) is 4.79 Å². The van der Waals surface area contributed by atoms with E-state index < -0.39 is 6.09 Å². The number of amides is 1. The van der Waals surface area contributed by atoms with Gasteiger partial charge in [0.05, 0.1) is 10.7 Å². The van der Waals surface area contributed by atoms with Gasteiger partial charge in [0.1, 0.15) is 6.34 Å². The molecule has 0 aliphatic carbocycles. The molecule has 7 heteroatoms. The summed E-state index contributed by atoms with van der Waals surface area (Å²) in [7, 11) is 1.37. The number of halogens is 3. The number of benzene rings is 1. The fourth-order valence-corrected chi connectivity index (χ4v) is 1.12. The van der Waals surface area contributed by atoms with Crippen molar-refractivity contribution in [2.24, 2.45) is 4.99 Å². The highest BCUT2D eigenvalue weighted by Crippen LogP contribution is 2.27. The predicted molar refractivity (Wildman–Crippen MR) is 67.6 cm³/mol. The van der Waals surface area contributed by atoms with Gasteiger partial charge in [-0.15, -0.1) is 12.4 Å². The Morgan fingerprint density at radius 1 is 1.50 bits per heavy atom. The summed E-state index contributed by atoms with van der Waals surface area (Å²) in [5.74, 6) is 0. The monoisotopic (exact) mass is 282 g/mol. The second kappa shape index (κ2) is 6.58. The molecule has 1 N–H and O–H groups in total. The van der Waals surface area contributed by atoms with E-state index in [0.717, 1.165) is 11.2 Å². The number of nitrogens with zero attached hydrogens (tertiary/aromatic N) is 2. The molecule has 0 aromatic heterocycles.